The minimum atomic E-state index is -4.48. The minimum Gasteiger partial charge on any atom is -0.369 e. The molecule has 0 unspecified atom stereocenters. The van der Waals surface area contributed by atoms with Crippen LogP contribution in [-0.2, 0) is 12.6 Å². The van der Waals surface area contributed by atoms with Crippen molar-refractivity contribution in [2.24, 2.45) is 5.84 Å². The second-order valence-corrected chi connectivity index (χ2v) is 4.18. The number of aromatic nitrogens is 3. The van der Waals surface area contributed by atoms with E-state index >= 15 is 0 Å². The van der Waals surface area contributed by atoms with Crippen molar-refractivity contribution in [3.05, 3.63) is 29.4 Å². The summed E-state index contributed by atoms with van der Waals surface area (Å²) in [5.41, 5.74) is 1.25. The summed E-state index contributed by atoms with van der Waals surface area (Å²) in [5, 5.41) is 6.37. The second kappa shape index (κ2) is 5.95. The standard InChI is InChI=1S/C11H13F3N6O/c1-6-17-10(21-20-6)2-3-16-8-4-7(11(12,13)14)5-9(18-8)19-15/h4-5H,2-3,15H2,1H3,(H2,16,18,19). The van der Waals surface area contributed by atoms with Crippen molar-refractivity contribution in [2.75, 3.05) is 17.3 Å². The zero-order valence-electron chi connectivity index (χ0n) is 11.0. The van der Waals surface area contributed by atoms with E-state index in [1.54, 1.807) is 6.92 Å². The van der Waals surface area contributed by atoms with Gasteiger partial charge in [-0.15, -0.1) is 0 Å². The fourth-order valence-corrected chi connectivity index (χ4v) is 1.60. The highest BCUT2D eigenvalue weighted by atomic mass is 19.4. The van der Waals surface area contributed by atoms with Crippen LogP contribution in [0.3, 0.4) is 0 Å². The molecular weight excluding hydrogens is 289 g/mol. The van der Waals surface area contributed by atoms with Gasteiger partial charge in [-0.05, 0) is 19.1 Å². The maximum Gasteiger partial charge on any atom is 0.416 e. The molecule has 0 aliphatic rings. The number of alkyl halides is 3. The average molecular weight is 302 g/mol. The molecule has 0 saturated heterocycles. The van der Waals surface area contributed by atoms with Crippen molar-refractivity contribution in [3.63, 3.8) is 0 Å². The summed E-state index contributed by atoms with van der Waals surface area (Å²) in [6, 6.07) is 1.73. The van der Waals surface area contributed by atoms with Crippen LogP contribution in [-0.4, -0.2) is 21.7 Å². The number of hydrogen-bond acceptors (Lipinski definition) is 7. The Kier molecular flexibility index (Phi) is 4.26. The molecule has 21 heavy (non-hydrogen) atoms. The molecule has 114 valence electrons. The molecule has 0 aliphatic carbocycles. The van der Waals surface area contributed by atoms with Crippen LogP contribution >= 0.6 is 0 Å². The highest BCUT2D eigenvalue weighted by molar-refractivity contribution is 5.49. The van der Waals surface area contributed by atoms with Crippen molar-refractivity contribution in [1.82, 2.24) is 15.1 Å². The van der Waals surface area contributed by atoms with Crippen LogP contribution in [0.25, 0.3) is 0 Å². The zero-order chi connectivity index (χ0) is 15.5. The molecule has 2 aromatic heterocycles. The van der Waals surface area contributed by atoms with Gasteiger partial charge in [0, 0.05) is 13.0 Å². The van der Waals surface area contributed by atoms with Gasteiger partial charge in [-0.25, -0.2) is 10.8 Å². The summed E-state index contributed by atoms with van der Waals surface area (Å²) in [7, 11) is 0. The molecule has 10 heteroatoms. The third kappa shape index (κ3) is 4.05. The molecule has 0 aromatic carbocycles. The highest BCUT2D eigenvalue weighted by Crippen LogP contribution is 2.31. The first-order chi connectivity index (χ1) is 9.88. The van der Waals surface area contributed by atoms with Gasteiger partial charge in [0.15, 0.2) is 5.82 Å². The van der Waals surface area contributed by atoms with Gasteiger partial charge in [0.25, 0.3) is 0 Å². The molecule has 0 bridgehead atoms. The van der Waals surface area contributed by atoms with E-state index in [0.717, 1.165) is 12.1 Å². The fourth-order valence-electron chi connectivity index (χ4n) is 1.60. The lowest BCUT2D eigenvalue weighted by atomic mass is 10.2. The zero-order valence-corrected chi connectivity index (χ0v) is 11.0. The third-order valence-corrected chi connectivity index (χ3v) is 2.52. The lowest BCUT2D eigenvalue weighted by Crippen LogP contribution is -2.14. The number of nitrogens with two attached hydrogens (primary N) is 1. The van der Waals surface area contributed by atoms with Gasteiger partial charge in [0.1, 0.15) is 11.6 Å². The van der Waals surface area contributed by atoms with Crippen molar-refractivity contribution in [2.45, 2.75) is 19.5 Å². The third-order valence-electron chi connectivity index (χ3n) is 2.52. The Bertz CT molecular complexity index is 612. The quantitative estimate of drug-likeness (QED) is 0.571. The van der Waals surface area contributed by atoms with Gasteiger partial charge < -0.3 is 15.3 Å². The normalized spacial score (nSPS) is 11.5. The molecule has 2 rings (SSSR count). The van der Waals surface area contributed by atoms with Crippen LogP contribution in [0.4, 0.5) is 24.8 Å². The highest BCUT2D eigenvalue weighted by Gasteiger charge is 2.31. The van der Waals surface area contributed by atoms with Crippen LogP contribution in [0.5, 0.6) is 0 Å². The molecular formula is C11H13F3N6O. The minimum absolute atomic E-state index is 0.0500. The number of aryl methyl sites for hydroxylation is 1. The van der Waals surface area contributed by atoms with E-state index in [0.29, 0.717) is 24.7 Å². The first-order valence-electron chi connectivity index (χ1n) is 5.97. The Labute approximate surface area is 117 Å². The van der Waals surface area contributed by atoms with Crippen molar-refractivity contribution < 1.29 is 17.7 Å². The second-order valence-electron chi connectivity index (χ2n) is 4.18. The van der Waals surface area contributed by atoms with E-state index in [2.05, 4.69) is 25.9 Å². The fraction of sp³-hybridized carbons (Fsp3) is 0.364. The van der Waals surface area contributed by atoms with E-state index in [9.17, 15) is 13.2 Å². The molecule has 2 aromatic rings. The van der Waals surface area contributed by atoms with E-state index in [-0.39, 0.29) is 11.6 Å². The number of halogens is 3. The van der Waals surface area contributed by atoms with Gasteiger partial charge in [0.05, 0.1) is 5.56 Å². The summed E-state index contributed by atoms with van der Waals surface area (Å²) in [6.45, 7) is 1.97. The van der Waals surface area contributed by atoms with Crippen molar-refractivity contribution in [1.29, 1.82) is 0 Å². The maximum absolute atomic E-state index is 12.7. The van der Waals surface area contributed by atoms with E-state index < -0.39 is 11.7 Å². The number of anilines is 2. The van der Waals surface area contributed by atoms with E-state index in [4.69, 9.17) is 10.4 Å². The van der Waals surface area contributed by atoms with Gasteiger partial charge >= 0.3 is 6.18 Å². The van der Waals surface area contributed by atoms with Crippen LogP contribution in [0, 0.1) is 6.92 Å². The molecule has 0 atom stereocenters. The summed E-state index contributed by atoms with van der Waals surface area (Å²) in [5.74, 6) is 5.97. The van der Waals surface area contributed by atoms with E-state index in [1.165, 1.54) is 0 Å². The van der Waals surface area contributed by atoms with Crippen molar-refractivity contribution >= 4 is 11.6 Å². The molecule has 0 spiro atoms. The van der Waals surface area contributed by atoms with Crippen LogP contribution in [0.1, 0.15) is 17.3 Å². The summed E-state index contributed by atoms with van der Waals surface area (Å²) >= 11 is 0. The van der Waals surface area contributed by atoms with E-state index in [1.807, 2.05) is 0 Å². The summed E-state index contributed by atoms with van der Waals surface area (Å²) < 4.78 is 43.0. The average Bonchev–Trinajstić information content (AvgIpc) is 2.83. The monoisotopic (exact) mass is 302 g/mol. The first-order valence-corrected chi connectivity index (χ1v) is 5.97. The lowest BCUT2D eigenvalue weighted by molar-refractivity contribution is -0.137. The van der Waals surface area contributed by atoms with Gasteiger partial charge in [-0.2, -0.15) is 18.2 Å². The molecule has 0 aliphatic heterocycles. The Hall–Kier alpha value is -2.36. The number of rotatable bonds is 5. The van der Waals surface area contributed by atoms with Crippen LogP contribution in [0.15, 0.2) is 16.7 Å². The Balaban J connectivity index is 2.05. The Morgan fingerprint density at radius 1 is 1.24 bits per heavy atom. The summed E-state index contributed by atoms with van der Waals surface area (Å²) in [6.07, 6.45) is -4.11. The SMILES string of the molecule is Cc1noc(CCNc2cc(C(F)(F)F)cc(NN)n2)n1. The first kappa shape index (κ1) is 15.0. The maximum atomic E-state index is 12.7. The number of nitrogens with one attached hydrogen (secondary N) is 2. The van der Waals surface area contributed by atoms with Gasteiger partial charge in [-0.1, -0.05) is 5.16 Å². The van der Waals surface area contributed by atoms with Crippen LogP contribution in [0.2, 0.25) is 0 Å². The number of hydrogen-bond donors (Lipinski definition) is 3. The number of nitrogen functional groups attached to an aromatic ring is 1. The largest absolute Gasteiger partial charge is 0.416 e. The smallest absolute Gasteiger partial charge is 0.369 e. The predicted molar refractivity (Wildman–Crippen MR) is 68.3 cm³/mol. The molecule has 0 radical (unpaired) electrons. The van der Waals surface area contributed by atoms with Crippen molar-refractivity contribution in [3.8, 4) is 0 Å². The van der Waals surface area contributed by atoms with Gasteiger partial charge in [0.2, 0.25) is 5.89 Å². The lowest BCUT2D eigenvalue weighted by Gasteiger charge is -2.12. The molecule has 0 fully saturated rings. The molecule has 7 nitrogen and oxygen atoms in total. The molecule has 0 amide bonds. The predicted octanol–water partition coefficient (Wildman–Crippen LogP) is 1.73. The molecule has 4 N–H and O–H groups in total. The topological polar surface area (TPSA) is 102 Å². The number of pyridine rings is 1. The summed E-state index contributed by atoms with van der Waals surface area (Å²) in [4.78, 5) is 7.87. The molecule has 0 saturated carbocycles. The van der Waals surface area contributed by atoms with Gasteiger partial charge in [-0.3, -0.25) is 0 Å². The Morgan fingerprint density at radius 2 is 1.95 bits per heavy atom. The number of hydrazine groups is 1. The Morgan fingerprint density at radius 3 is 2.52 bits per heavy atom. The van der Waals surface area contributed by atoms with Crippen LogP contribution < -0.4 is 16.6 Å². The molecule has 2 heterocycles. The number of nitrogens with zero attached hydrogens (tertiary/aromatic N) is 3.